The summed E-state index contributed by atoms with van der Waals surface area (Å²) in [6.45, 7) is 0. The van der Waals surface area contributed by atoms with Gasteiger partial charge in [0.1, 0.15) is 0 Å². The Kier molecular flexibility index (Phi) is 6.30. The molecule has 7 aromatic carbocycles. The zero-order valence-corrected chi connectivity index (χ0v) is 26.5. The summed E-state index contributed by atoms with van der Waals surface area (Å²) >= 11 is -0.336. The molecule has 0 fully saturated rings. The van der Waals surface area contributed by atoms with Crippen molar-refractivity contribution in [3.8, 4) is 45.3 Å². The predicted octanol–water partition coefficient (Wildman–Crippen LogP) is 10.2. The van der Waals surface area contributed by atoms with Gasteiger partial charge in [0.25, 0.3) is 0 Å². The number of hydrogen-bond donors (Lipinski definition) is 0. The van der Waals surface area contributed by atoms with E-state index >= 15 is 0 Å². The van der Waals surface area contributed by atoms with E-state index < -0.39 is 0 Å². The number of nitrogens with zero attached hydrogens (tertiary/aromatic N) is 3. The number of fused-ring (bicyclic) bond motifs is 5. The van der Waals surface area contributed by atoms with Gasteiger partial charge in [-0.1, -0.05) is 72.8 Å². The van der Waals surface area contributed by atoms with Gasteiger partial charge in [0, 0.05) is 0 Å². The predicted molar refractivity (Wildman–Crippen MR) is 189 cm³/mol. The molecule has 45 heavy (non-hydrogen) atoms. The van der Waals surface area contributed by atoms with Crippen LogP contribution in [0.2, 0.25) is 0 Å². The minimum absolute atomic E-state index is 0.336. The summed E-state index contributed by atoms with van der Waals surface area (Å²) in [5, 5.41) is 7.38. The molecule has 9 rings (SSSR count). The van der Waals surface area contributed by atoms with E-state index in [1.165, 1.54) is 34.1 Å². The van der Waals surface area contributed by atoms with Gasteiger partial charge in [-0.3, -0.25) is 0 Å². The minimum atomic E-state index is -0.336. The molecule has 0 atom stereocenters. The zero-order valence-electron chi connectivity index (χ0n) is 24.2. The fraction of sp³-hybridized carbons (Fsp3) is 0. The molecule has 0 aliphatic rings. The maximum Gasteiger partial charge on any atom is -0.0512 e. The molecule has 0 bridgehead atoms. The summed E-state index contributed by atoms with van der Waals surface area (Å²) in [4.78, 5) is 15.3. The first-order valence-corrected chi connectivity index (χ1v) is 17.4. The minimum Gasteiger partial charge on any atom is -0.0615 e. The van der Waals surface area contributed by atoms with Crippen molar-refractivity contribution in [1.29, 1.82) is 0 Å². The Hall–Kier alpha value is -5.14. The third-order valence-electron chi connectivity index (χ3n) is 8.55. The fourth-order valence-electron chi connectivity index (χ4n) is 6.39. The first-order chi connectivity index (χ1) is 22.3. The molecule has 2 aromatic heterocycles. The topological polar surface area (TPSA) is 38.7 Å². The molecule has 0 unspecified atom stereocenters. The second-order valence-electron chi connectivity index (χ2n) is 11.2. The first kappa shape index (κ1) is 26.3. The Morgan fingerprint density at radius 2 is 0.911 bits per heavy atom. The van der Waals surface area contributed by atoms with E-state index in [9.17, 15) is 0 Å². The van der Waals surface area contributed by atoms with Crippen molar-refractivity contribution in [3.05, 3.63) is 152 Å². The maximum absolute atomic E-state index is 5.16. The largest absolute Gasteiger partial charge is 0.0615 e. The van der Waals surface area contributed by atoms with Crippen molar-refractivity contribution < 1.29 is 0 Å². The van der Waals surface area contributed by atoms with Crippen LogP contribution in [-0.2, 0) is 0 Å². The molecule has 9 aromatic rings. The molecule has 4 heteroatoms. The molecule has 0 amide bonds. The Morgan fingerprint density at radius 1 is 0.333 bits per heavy atom. The van der Waals surface area contributed by atoms with Gasteiger partial charge in [-0.2, -0.15) is 0 Å². The number of benzene rings is 7. The first-order valence-electron chi connectivity index (χ1n) is 15.0. The van der Waals surface area contributed by atoms with Crippen LogP contribution in [0.5, 0.6) is 0 Å². The van der Waals surface area contributed by atoms with E-state index in [1.807, 2.05) is 18.2 Å². The second kappa shape index (κ2) is 10.8. The Balaban J connectivity index is 1.26. The van der Waals surface area contributed by atoms with Crippen molar-refractivity contribution >= 4 is 59.6 Å². The summed E-state index contributed by atoms with van der Waals surface area (Å²) in [7, 11) is 0. The molecule has 0 aliphatic carbocycles. The van der Waals surface area contributed by atoms with Crippen LogP contribution in [0.3, 0.4) is 0 Å². The number of aromatic nitrogens is 3. The molecular formula is C41H25N3Te. The van der Waals surface area contributed by atoms with Crippen molar-refractivity contribution in [2.75, 3.05) is 0 Å². The summed E-state index contributed by atoms with van der Waals surface area (Å²) in [6.07, 6.45) is 0. The second-order valence-corrected chi connectivity index (χ2v) is 14.3. The van der Waals surface area contributed by atoms with Crippen LogP contribution < -0.4 is 0 Å². The fourth-order valence-corrected chi connectivity index (χ4v) is 9.49. The standard InChI is InChI=1S/C41H25N3Te/c1-2-12-27(13-3-1)39-42-40(34-19-10-14-26-11-4-5-15-29(26)34)44-41(43-39)35-23-22-30(31-16-6-7-17-32(31)35)28-21-24-38-36(25-28)33-18-8-9-20-37(33)45-38/h1-25H. The van der Waals surface area contributed by atoms with Crippen LogP contribution in [0.15, 0.2) is 152 Å². The third kappa shape index (κ3) is 4.54. The summed E-state index contributed by atoms with van der Waals surface area (Å²) in [6, 6.07) is 53.9. The molecule has 0 N–H and O–H groups in total. The van der Waals surface area contributed by atoms with Gasteiger partial charge in [0.2, 0.25) is 0 Å². The summed E-state index contributed by atoms with van der Waals surface area (Å²) in [5.74, 6) is 2.01. The van der Waals surface area contributed by atoms with E-state index in [1.54, 1.807) is 0 Å². The molecule has 0 radical (unpaired) electrons. The maximum atomic E-state index is 5.16. The van der Waals surface area contributed by atoms with Gasteiger partial charge in [-0.05, 0) is 10.8 Å². The van der Waals surface area contributed by atoms with Gasteiger partial charge in [-0.25, -0.2) is 0 Å². The van der Waals surface area contributed by atoms with Crippen molar-refractivity contribution in [2.24, 2.45) is 0 Å². The Morgan fingerprint density at radius 3 is 1.73 bits per heavy atom. The zero-order chi connectivity index (χ0) is 29.7. The van der Waals surface area contributed by atoms with Crippen LogP contribution in [0.4, 0.5) is 0 Å². The SMILES string of the molecule is c1ccc(-c2nc(-c3cccc4ccccc34)nc(-c3ccc(-c4ccc5[te]c6ccccc6c5c4)c4ccccc34)n2)cc1. The molecule has 0 saturated carbocycles. The Labute approximate surface area is 270 Å². The van der Waals surface area contributed by atoms with Crippen LogP contribution >= 0.6 is 0 Å². The van der Waals surface area contributed by atoms with Crippen molar-refractivity contribution in [1.82, 2.24) is 15.0 Å². The average molecular weight is 687 g/mol. The number of rotatable bonds is 4. The van der Waals surface area contributed by atoms with E-state index in [0.717, 1.165) is 32.8 Å². The van der Waals surface area contributed by atoms with Crippen molar-refractivity contribution in [3.63, 3.8) is 0 Å². The van der Waals surface area contributed by atoms with Crippen LogP contribution in [0, 0.1) is 0 Å². The van der Waals surface area contributed by atoms with Gasteiger partial charge in [0.15, 0.2) is 0 Å². The van der Waals surface area contributed by atoms with Crippen LogP contribution in [-0.4, -0.2) is 35.4 Å². The molecule has 3 nitrogen and oxygen atoms in total. The molecule has 0 spiro atoms. The summed E-state index contributed by atoms with van der Waals surface area (Å²) < 4.78 is 3.05. The molecule has 210 valence electrons. The van der Waals surface area contributed by atoms with Gasteiger partial charge in [0.05, 0.1) is 0 Å². The van der Waals surface area contributed by atoms with Gasteiger partial charge >= 0.3 is 188 Å². The average Bonchev–Trinajstić information content (AvgIpc) is 3.49. The summed E-state index contributed by atoms with van der Waals surface area (Å²) in [5.41, 5.74) is 5.40. The Bertz CT molecular complexity index is 2540. The van der Waals surface area contributed by atoms with E-state index in [2.05, 4.69) is 133 Å². The number of hydrogen-bond acceptors (Lipinski definition) is 3. The monoisotopic (exact) mass is 689 g/mol. The molecular weight excluding hydrogens is 662 g/mol. The quantitative estimate of drug-likeness (QED) is 0.173. The van der Waals surface area contributed by atoms with Gasteiger partial charge in [-0.15, -0.1) is 0 Å². The molecule has 2 heterocycles. The van der Waals surface area contributed by atoms with Gasteiger partial charge < -0.3 is 0 Å². The van der Waals surface area contributed by atoms with E-state index in [4.69, 9.17) is 15.0 Å². The van der Waals surface area contributed by atoms with E-state index in [-0.39, 0.29) is 20.4 Å². The third-order valence-corrected chi connectivity index (χ3v) is 11.8. The molecule has 0 saturated heterocycles. The molecule has 0 aliphatic heterocycles. The smallest absolute Gasteiger partial charge is 0.0512 e. The van der Waals surface area contributed by atoms with E-state index in [0.29, 0.717) is 17.5 Å². The van der Waals surface area contributed by atoms with Crippen LogP contribution in [0.25, 0.3) is 84.4 Å². The van der Waals surface area contributed by atoms with Crippen LogP contribution in [0.1, 0.15) is 0 Å². The normalized spacial score (nSPS) is 11.6. The van der Waals surface area contributed by atoms with Crippen molar-refractivity contribution in [2.45, 2.75) is 0 Å².